The summed E-state index contributed by atoms with van der Waals surface area (Å²) in [5.74, 6) is 0.904. The van der Waals surface area contributed by atoms with Crippen LogP contribution in [0.5, 0.6) is 0 Å². The standard InChI is InChI=1S/C17H30O3/c1-12(2)7-6-8-13(3)14-15(19-5)16(4,18)9-10-17(14)11-20-17/h8,12,14-15,18H,6-7,9-11H2,1-5H3/b13-8+. The maximum Gasteiger partial charge on any atom is 0.101 e. The monoisotopic (exact) mass is 282 g/mol. The van der Waals surface area contributed by atoms with E-state index in [2.05, 4.69) is 26.8 Å². The van der Waals surface area contributed by atoms with E-state index in [9.17, 15) is 5.11 Å². The highest BCUT2D eigenvalue weighted by Gasteiger charge is 2.61. The topological polar surface area (TPSA) is 42.0 Å². The molecule has 0 bridgehead atoms. The molecule has 0 amide bonds. The Morgan fingerprint density at radius 2 is 2.10 bits per heavy atom. The van der Waals surface area contributed by atoms with Crippen LogP contribution in [0.15, 0.2) is 11.6 Å². The maximum absolute atomic E-state index is 10.6. The van der Waals surface area contributed by atoms with Crippen LogP contribution in [0.3, 0.4) is 0 Å². The highest BCUT2D eigenvalue weighted by Crippen LogP contribution is 2.52. The van der Waals surface area contributed by atoms with Gasteiger partial charge in [-0.2, -0.15) is 0 Å². The van der Waals surface area contributed by atoms with Crippen LogP contribution in [-0.2, 0) is 9.47 Å². The first-order valence-corrected chi connectivity index (χ1v) is 7.88. The van der Waals surface area contributed by atoms with E-state index in [-0.39, 0.29) is 17.6 Å². The molecule has 4 unspecified atom stereocenters. The predicted molar refractivity (Wildman–Crippen MR) is 80.7 cm³/mol. The van der Waals surface area contributed by atoms with E-state index in [1.807, 2.05) is 6.92 Å². The lowest BCUT2D eigenvalue weighted by Gasteiger charge is -2.45. The van der Waals surface area contributed by atoms with Gasteiger partial charge in [0.1, 0.15) is 5.60 Å². The molecule has 1 aliphatic heterocycles. The molecule has 2 aliphatic rings. The lowest BCUT2D eigenvalue weighted by molar-refractivity contribution is -0.143. The first-order chi connectivity index (χ1) is 9.32. The number of rotatable bonds is 5. The van der Waals surface area contributed by atoms with Crippen LogP contribution in [0.4, 0.5) is 0 Å². The molecule has 3 heteroatoms. The Morgan fingerprint density at radius 3 is 2.60 bits per heavy atom. The predicted octanol–water partition coefficient (Wildman–Crippen LogP) is 3.31. The summed E-state index contributed by atoms with van der Waals surface area (Å²) in [4.78, 5) is 0. The molecule has 0 aromatic heterocycles. The van der Waals surface area contributed by atoms with Crippen LogP contribution in [0.1, 0.15) is 53.4 Å². The van der Waals surface area contributed by atoms with Gasteiger partial charge >= 0.3 is 0 Å². The Labute approximate surface area is 123 Å². The molecule has 2 rings (SSSR count). The van der Waals surface area contributed by atoms with Gasteiger partial charge in [-0.3, -0.25) is 0 Å². The molecule has 2 fully saturated rings. The Kier molecular flexibility index (Phi) is 4.63. The van der Waals surface area contributed by atoms with E-state index in [4.69, 9.17) is 9.47 Å². The Balaban J connectivity index is 2.16. The van der Waals surface area contributed by atoms with Gasteiger partial charge in [-0.1, -0.05) is 25.5 Å². The first-order valence-electron chi connectivity index (χ1n) is 7.88. The fourth-order valence-electron chi connectivity index (χ4n) is 3.63. The van der Waals surface area contributed by atoms with Gasteiger partial charge in [0.25, 0.3) is 0 Å². The number of hydrogen-bond acceptors (Lipinski definition) is 3. The SMILES string of the molecule is COC1C(/C(C)=C/CCC(C)C)C2(CCC1(C)O)CO2. The molecular formula is C17H30O3. The summed E-state index contributed by atoms with van der Waals surface area (Å²) in [6, 6.07) is 0. The Morgan fingerprint density at radius 1 is 1.45 bits per heavy atom. The normalized spacial score (nSPS) is 41.5. The van der Waals surface area contributed by atoms with Gasteiger partial charge in [0, 0.05) is 13.0 Å². The van der Waals surface area contributed by atoms with Crippen LogP contribution < -0.4 is 0 Å². The Hall–Kier alpha value is -0.380. The number of ether oxygens (including phenoxy) is 2. The van der Waals surface area contributed by atoms with Crippen molar-refractivity contribution in [1.29, 1.82) is 0 Å². The van der Waals surface area contributed by atoms with Gasteiger partial charge in [0.2, 0.25) is 0 Å². The van der Waals surface area contributed by atoms with Crippen LogP contribution in [0.25, 0.3) is 0 Å². The van der Waals surface area contributed by atoms with E-state index in [0.29, 0.717) is 0 Å². The van der Waals surface area contributed by atoms with Crippen molar-refractivity contribution in [1.82, 2.24) is 0 Å². The van der Waals surface area contributed by atoms with Crippen molar-refractivity contribution in [3.63, 3.8) is 0 Å². The van der Waals surface area contributed by atoms with Gasteiger partial charge in [-0.15, -0.1) is 0 Å². The molecule has 3 nitrogen and oxygen atoms in total. The maximum atomic E-state index is 10.6. The smallest absolute Gasteiger partial charge is 0.101 e. The first kappa shape index (κ1) is 16.0. The lowest BCUT2D eigenvalue weighted by atomic mass is 9.67. The van der Waals surface area contributed by atoms with E-state index >= 15 is 0 Å². The van der Waals surface area contributed by atoms with Crippen molar-refractivity contribution in [3.8, 4) is 0 Å². The van der Waals surface area contributed by atoms with Crippen LogP contribution in [0.2, 0.25) is 0 Å². The average Bonchev–Trinajstić information content (AvgIpc) is 3.12. The summed E-state index contributed by atoms with van der Waals surface area (Å²) >= 11 is 0. The van der Waals surface area contributed by atoms with Crippen LogP contribution in [-0.4, -0.2) is 36.1 Å². The molecule has 1 N–H and O–H groups in total. The van der Waals surface area contributed by atoms with Crippen molar-refractivity contribution < 1.29 is 14.6 Å². The molecule has 1 saturated carbocycles. The molecular weight excluding hydrogens is 252 g/mol. The molecule has 0 aromatic carbocycles. The minimum atomic E-state index is -0.760. The zero-order valence-electron chi connectivity index (χ0n) is 13.6. The average molecular weight is 282 g/mol. The minimum absolute atomic E-state index is 0.0681. The second-order valence-corrected chi connectivity index (χ2v) is 7.26. The molecule has 0 aromatic rings. The number of hydrogen-bond donors (Lipinski definition) is 1. The third-order valence-electron chi connectivity index (χ3n) is 5.01. The van der Waals surface area contributed by atoms with Crippen molar-refractivity contribution >= 4 is 0 Å². The van der Waals surface area contributed by atoms with Gasteiger partial charge < -0.3 is 14.6 Å². The quantitative estimate of drug-likeness (QED) is 0.621. The zero-order chi connectivity index (χ0) is 15.0. The van der Waals surface area contributed by atoms with Gasteiger partial charge in [-0.25, -0.2) is 0 Å². The van der Waals surface area contributed by atoms with E-state index < -0.39 is 5.60 Å². The van der Waals surface area contributed by atoms with E-state index in [1.54, 1.807) is 7.11 Å². The van der Waals surface area contributed by atoms with Crippen molar-refractivity contribution in [2.24, 2.45) is 11.8 Å². The highest BCUT2D eigenvalue weighted by molar-refractivity contribution is 5.22. The van der Waals surface area contributed by atoms with E-state index in [1.165, 1.54) is 12.0 Å². The molecule has 1 spiro atoms. The number of allylic oxidation sites excluding steroid dienone is 1. The molecule has 1 saturated heterocycles. The second kappa shape index (κ2) is 5.78. The molecule has 1 heterocycles. The second-order valence-electron chi connectivity index (χ2n) is 7.26. The fourth-order valence-corrected chi connectivity index (χ4v) is 3.63. The summed E-state index contributed by atoms with van der Waals surface area (Å²) in [5, 5.41) is 10.6. The molecule has 0 radical (unpaired) electrons. The summed E-state index contributed by atoms with van der Waals surface area (Å²) in [6.45, 7) is 9.37. The van der Waals surface area contributed by atoms with Crippen molar-refractivity contribution in [3.05, 3.63) is 11.6 Å². The third-order valence-corrected chi connectivity index (χ3v) is 5.01. The van der Waals surface area contributed by atoms with Crippen molar-refractivity contribution in [2.45, 2.75) is 70.7 Å². The summed E-state index contributed by atoms with van der Waals surface area (Å²) < 4.78 is 11.5. The Bertz CT molecular complexity index is 366. The number of aliphatic hydroxyl groups is 1. The van der Waals surface area contributed by atoms with Crippen LogP contribution in [0, 0.1) is 11.8 Å². The van der Waals surface area contributed by atoms with E-state index in [0.717, 1.165) is 31.8 Å². The largest absolute Gasteiger partial charge is 0.387 e. The zero-order valence-corrected chi connectivity index (χ0v) is 13.6. The molecule has 20 heavy (non-hydrogen) atoms. The van der Waals surface area contributed by atoms with Crippen LogP contribution >= 0.6 is 0 Å². The van der Waals surface area contributed by atoms with Gasteiger partial charge in [0.15, 0.2) is 0 Å². The number of epoxide rings is 1. The summed E-state index contributed by atoms with van der Waals surface area (Å²) in [6.07, 6.45) is 6.12. The minimum Gasteiger partial charge on any atom is -0.387 e. The number of methoxy groups -OCH3 is 1. The molecule has 4 atom stereocenters. The van der Waals surface area contributed by atoms with Gasteiger partial charge in [-0.05, 0) is 45.4 Å². The summed E-state index contributed by atoms with van der Waals surface area (Å²) in [5.41, 5.74) is 0.487. The third kappa shape index (κ3) is 3.10. The summed E-state index contributed by atoms with van der Waals surface area (Å²) in [7, 11) is 1.70. The van der Waals surface area contributed by atoms with Gasteiger partial charge in [0.05, 0.1) is 18.3 Å². The highest BCUT2D eigenvalue weighted by atomic mass is 16.6. The molecule has 116 valence electrons. The van der Waals surface area contributed by atoms with Crippen molar-refractivity contribution in [2.75, 3.05) is 13.7 Å². The lowest BCUT2D eigenvalue weighted by Crippen LogP contribution is -2.55. The molecule has 1 aliphatic carbocycles. The fraction of sp³-hybridized carbons (Fsp3) is 0.882.